The number of fused-ring (bicyclic) bond motifs is 1. The zero-order valence-corrected chi connectivity index (χ0v) is 20.2. The van der Waals surface area contributed by atoms with E-state index in [0.717, 1.165) is 38.3 Å². The number of rotatable bonds is 6. The number of hydrogen-bond acceptors (Lipinski definition) is 3. The highest BCUT2D eigenvalue weighted by molar-refractivity contribution is 7.90. The fourth-order valence-corrected chi connectivity index (χ4v) is 4.48. The Hall–Kier alpha value is -3.19. The van der Waals surface area contributed by atoms with E-state index in [0.29, 0.717) is 10.6 Å². The number of nitrogens with zero attached hydrogens (tertiary/aromatic N) is 1. The average Bonchev–Trinajstić information content (AvgIpc) is 3.06. The summed E-state index contributed by atoms with van der Waals surface area (Å²) in [6.07, 6.45) is 5.23. The van der Waals surface area contributed by atoms with E-state index in [4.69, 9.17) is 11.6 Å². The van der Waals surface area contributed by atoms with Crippen LogP contribution >= 0.6 is 11.6 Å². The van der Waals surface area contributed by atoms with E-state index in [2.05, 4.69) is 10.5 Å². The molecule has 3 aromatic rings. The highest BCUT2D eigenvalue weighted by atomic mass is 35.5. The smallest absolute Gasteiger partial charge is 0.244 e. The fraction of sp³-hybridized carbons (Fsp3) is 0.111. The Balaban J connectivity index is 1.58. The standard InChI is InChI=1S/C27H22ClFN2O2S/c1-17-24(13-18-5-10-22(11-6-18)34(2)33)23-12-9-21(29)14-26(23)25(17)15-27(32)31-30-16-19-3-7-20(28)8-4-19/h3-14,16H,15H2,1-2H3,(H,31,32)/b24-13-,30-16?. The first-order valence-electron chi connectivity index (χ1n) is 10.5. The number of carbonyl (C=O) groups excluding carboxylic acids is 1. The largest absolute Gasteiger partial charge is 0.612 e. The zero-order valence-electron chi connectivity index (χ0n) is 18.6. The molecule has 0 heterocycles. The predicted octanol–water partition coefficient (Wildman–Crippen LogP) is 6.08. The van der Waals surface area contributed by atoms with Gasteiger partial charge >= 0.3 is 0 Å². The molecule has 3 aromatic carbocycles. The Morgan fingerprint density at radius 3 is 2.41 bits per heavy atom. The van der Waals surface area contributed by atoms with Crippen LogP contribution in [0.4, 0.5) is 4.39 Å². The molecule has 1 unspecified atom stereocenters. The Labute approximate surface area is 206 Å². The number of halogens is 2. The van der Waals surface area contributed by atoms with Crippen molar-refractivity contribution in [2.45, 2.75) is 18.2 Å². The quantitative estimate of drug-likeness (QED) is 0.257. The van der Waals surface area contributed by atoms with E-state index >= 15 is 0 Å². The van der Waals surface area contributed by atoms with Gasteiger partial charge in [-0.3, -0.25) is 4.79 Å². The van der Waals surface area contributed by atoms with Crippen molar-refractivity contribution in [1.82, 2.24) is 5.43 Å². The molecule has 0 saturated heterocycles. The lowest BCUT2D eigenvalue weighted by Crippen LogP contribution is -2.17. The van der Waals surface area contributed by atoms with E-state index in [9.17, 15) is 13.7 Å². The van der Waals surface area contributed by atoms with Crippen LogP contribution in [-0.4, -0.2) is 22.9 Å². The SMILES string of the molecule is CC1=C(CC(=O)NN=Cc2ccc(Cl)cc2)c2cc(F)ccc2/C1=C\c1ccc([S+](C)[O-])cc1. The summed E-state index contributed by atoms with van der Waals surface area (Å²) in [4.78, 5) is 13.4. The van der Waals surface area contributed by atoms with E-state index in [1.165, 1.54) is 18.3 Å². The van der Waals surface area contributed by atoms with Gasteiger partial charge < -0.3 is 4.55 Å². The number of benzene rings is 3. The molecule has 7 heteroatoms. The van der Waals surface area contributed by atoms with Gasteiger partial charge in [0, 0.05) is 5.02 Å². The second-order valence-corrected chi connectivity index (χ2v) is 9.71. The van der Waals surface area contributed by atoms with Crippen LogP contribution in [0.15, 0.2) is 82.3 Å². The summed E-state index contributed by atoms with van der Waals surface area (Å²) in [6.45, 7) is 1.93. The molecular weight excluding hydrogens is 471 g/mol. The fourth-order valence-electron chi connectivity index (χ4n) is 3.83. The maximum atomic E-state index is 14.1. The third kappa shape index (κ3) is 5.47. The number of hydrogen-bond donors (Lipinski definition) is 1. The monoisotopic (exact) mass is 492 g/mol. The molecule has 0 aliphatic heterocycles. The first kappa shape index (κ1) is 24.0. The highest BCUT2D eigenvalue weighted by Gasteiger charge is 2.25. The minimum absolute atomic E-state index is 0.0609. The molecular formula is C27H22ClFN2O2S. The van der Waals surface area contributed by atoms with Crippen LogP contribution in [0.3, 0.4) is 0 Å². The maximum Gasteiger partial charge on any atom is 0.244 e. The van der Waals surface area contributed by atoms with Gasteiger partial charge in [-0.2, -0.15) is 5.10 Å². The molecule has 0 fully saturated rings. The highest BCUT2D eigenvalue weighted by Crippen LogP contribution is 2.43. The first-order chi connectivity index (χ1) is 16.3. The molecule has 1 N–H and O–H groups in total. The van der Waals surface area contributed by atoms with E-state index < -0.39 is 11.2 Å². The number of nitrogens with one attached hydrogen (secondary N) is 1. The minimum Gasteiger partial charge on any atom is -0.612 e. The first-order valence-corrected chi connectivity index (χ1v) is 12.5. The van der Waals surface area contributed by atoms with Crippen LogP contribution in [0.1, 0.15) is 35.6 Å². The van der Waals surface area contributed by atoms with Crippen molar-refractivity contribution in [3.8, 4) is 0 Å². The van der Waals surface area contributed by atoms with Gasteiger partial charge in [0.05, 0.1) is 12.6 Å². The molecule has 1 aliphatic rings. The van der Waals surface area contributed by atoms with E-state index in [-0.39, 0.29) is 18.1 Å². The predicted molar refractivity (Wildman–Crippen MR) is 137 cm³/mol. The summed E-state index contributed by atoms with van der Waals surface area (Å²) in [7, 11) is 0. The van der Waals surface area contributed by atoms with Crippen molar-refractivity contribution in [3.63, 3.8) is 0 Å². The second-order valence-electron chi connectivity index (χ2n) is 7.90. The Morgan fingerprint density at radius 2 is 1.74 bits per heavy atom. The van der Waals surface area contributed by atoms with Crippen LogP contribution in [0.25, 0.3) is 17.2 Å². The van der Waals surface area contributed by atoms with Gasteiger partial charge in [-0.1, -0.05) is 29.8 Å². The molecule has 0 spiro atoms. The average molecular weight is 493 g/mol. The molecule has 0 bridgehead atoms. The normalized spacial score (nSPS) is 15.1. The van der Waals surface area contributed by atoms with Gasteiger partial charge in [0.1, 0.15) is 12.1 Å². The lowest BCUT2D eigenvalue weighted by atomic mass is 10.0. The molecule has 172 valence electrons. The lowest BCUT2D eigenvalue weighted by molar-refractivity contribution is -0.120. The van der Waals surface area contributed by atoms with E-state index in [1.807, 2.05) is 37.3 Å². The summed E-state index contributed by atoms with van der Waals surface area (Å²) in [5.74, 6) is -0.660. The number of carbonyl (C=O) groups is 1. The number of hydrazone groups is 1. The third-order valence-electron chi connectivity index (χ3n) is 5.59. The lowest BCUT2D eigenvalue weighted by Gasteiger charge is -2.06. The van der Waals surface area contributed by atoms with E-state index in [1.54, 1.807) is 36.6 Å². The van der Waals surface area contributed by atoms with Gasteiger partial charge in [-0.05, 0) is 112 Å². The molecule has 34 heavy (non-hydrogen) atoms. The summed E-state index contributed by atoms with van der Waals surface area (Å²) in [6, 6.07) is 19.1. The van der Waals surface area contributed by atoms with Gasteiger partial charge in [-0.15, -0.1) is 0 Å². The number of amides is 1. The van der Waals surface area contributed by atoms with Crippen molar-refractivity contribution >= 4 is 52.1 Å². The van der Waals surface area contributed by atoms with Crippen LogP contribution in [0, 0.1) is 5.82 Å². The summed E-state index contributed by atoms with van der Waals surface area (Å²) in [5.41, 5.74) is 8.43. The molecule has 1 atom stereocenters. The van der Waals surface area contributed by atoms with Crippen LogP contribution in [0.2, 0.25) is 5.02 Å². The molecule has 4 rings (SSSR count). The van der Waals surface area contributed by atoms with Crippen LogP contribution in [0.5, 0.6) is 0 Å². The van der Waals surface area contributed by atoms with Crippen molar-refractivity contribution in [3.05, 3.63) is 105 Å². The molecule has 4 nitrogen and oxygen atoms in total. The summed E-state index contributed by atoms with van der Waals surface area (Å²) < 4.78 is 25.8. The number of allylic oxidation sites excluding steroid dienone is 2. The van der Waals surface area contributed by atoms with Crippen LogP contribution in [-0.2, 0) is 16.0 Å². The van der Waals surface area contributed by atoms with Crippen molar-refractivity contribution in [2.75, 3.05) is 6.26 Å². The van der Waals surface area contributed by atoms with Crippen LogP contribution < -0.4 is 5.43 Å². The van der Waals surface area contributed by atoms with Gasteiger partial charge in [0.15, 0.2) is 4.90 Å². The van der Waals surface area contributed by atoms with Crippen molar-refractivity contribution in [2.24, 2.45) is 5.10 Å². The van der Waals surface area contributed by atoms with Crippen molar-refractivity contribution < 1.29 is 13.7 Å². The molecule has 0 radical (unpaired) electrons. The third-order valence-corrected chi connectivity index (χ3v) is 6.77. The van der Waals surface area contributed by atoms with Gasteiger partial charge in [-0.25, -0.2) is 9.82 Å². The summed E-state index contributed by atoms with van der Waals surface area (Å²) >= 11 is 4.83. The van der Waals surface area contributed by atoms with Gasteiger partial charge in [0.2, 0.25) is 5.91 Å². The van der Waals surface area contributed by atoms with Gasteiger partial charge in [0.25, 0.3) is 0 Å². The maximum absolute atomic E-state index is 14.1. The zero-order chi connectivity index (χ0) is 24.2. The molecule has 0 saturated carbocycles. The summed E-state index contributed by atoms with van der Waals surface area (Å²) in [5, 5.41) is 4.64. The van der Waals surface area contributed by atoms with Crippen molar-refractivity contribution in [1.29, 1.82) is 0 Å². The Morgan fingerprint density at radius 1 is 1.06 bits per heavy atom. The molecule has 1 amide bonds. The molecule has 0 aromatic heterocycles. The minimum atomic E-state index is -1.05. The second kappa shape index (κ2) is 10.4. The Bertz CT molecular complexity index is 1310. The molecule has 1 aliphatic carbocycles. The topological polar surface area (TPSA) is 64.5 Å². The Kier molecular flexibility index (Phi) is 7.32.